The highest BCUT2D eigenvalue weighted by Crippen LogP contribution is 2.22. The average Bonchev–Trinajstić information content (AvgIpc) is 3.05. The van der Waals surface area contributed by atoms with Gasteiger partial charge in [-0.05, 0) is 52.6 Å². The normalized spacial score (nSPS) is 11.1. The largest absolute Gasteiger partial charge is 0.497 e. The van der Waals surface area contributed by atoms with Crippen LogP contribution in [0.1, 0.15) is 15.2 Å². The van der Waals surface area contributed by atoms with Crippen LogP contribution in [0.15, 0.2) is 60.0 Å². The predicted octanol–water partition coefficient (Wildman–Crippen LogP) is 4.81. The number of carbonyl (C=O) groups excluding carboxylic acids is 1. The number of carbonyl (C=O) groups is 1. The van der Waals surface area contributed by atoms with Crippen molar-refractivity contribution in [1.82, 2.24) is 0 Å². The zero-order chi connectivity index (χ0) is 14.7. The first-order valence-corrected chi connectivity index (χ1v) is 7.48. The maximum atomic E-state index is 12.2. The molecule has 0 aliphatic rings. The van der Waals surface area contributed by atoms with E-state index in [1.807, 2.05) is 60.0 Å². The predicted molar refractivity (Wildman–Crippen MR) is 88.2 cm³/mol. The van der Waals surface area contributed by atoms with Gasteiger partial charge >= 0.3 is 0 Å². The van der Waals surface area contributed by atoms with E-state index in [-0.39, 0.29) is 5.78 Å². The van der Waals surface area contributed by atoms with Crippen LogP contribution < -0.4 is 4.74 Å². The summed E-state index contributed by atoms with van der Waals surface area (Å²) in [5, 5.41) is 4.09. The van der Waals surface area contributed by atoms with Crippen LogP contribution in [0.2, 0.25) is 0 Å². The summed E-state index contributed by atoms with van der Waals surface area (Å²) in [5.41, 5.74) is 0.695. The van der Waals surface area contributed by atoms with Gasteiger partial charge in [-0.2, -0.15) is 0 Å². The van der Waals surface area contributed by atoms with Crippen LogP contribution in [0.25, 0.3) is 16.8 Å². The molecule has 3 heteroatoms. The monoisotopic (exact) mass is 294 g/mol. The Labute approximate surface area is 127 Å². The Morgan fingerprint density at radius 2 is 1.90 bits per heavy atom. The third kappa shape index (κ3) is 3.03. The Balaban J connectivity index is 1.88. The molecule has 0 N–H and O–H groups in total. The molecule has 0 fully saturated rings. The van der Waals surface area contributed by atoms with Crippen LogP contribution in [0.5, 0.6) is 5.75 Å². The summed E-state index contributed by atoms with van der Waals surface area (Å²) in [4.78, 5) is 13.3. The highest BCUT2D eigenvalue weighted by molar-refractivity contribution is 7.10. The van der Waals surface area contributed by atoms with Crippen LogP contribution in [0, 0.1) is 0 Å². The molecule has 1 aromatic heterocycles. The van der Waals surface area contributed by atoms with Crippen molar-refractivity contribution in [2.24, 2.45) is 0 Å². The number of hydrogen-bond donors (Lipinski definition) is 0. The molecule has 2 aromatic carbocycles. The number of benzene rings is 2. The third-order valence-corrected chi connectivity index (χ3v) is 4.11. The molecule has 21 heavy (non-hydrogen) atoms. The number of hydrogen-bond acceptors (Lipinski definition) is 3. The number of allylic oxidation sites excluding steroid dienone is 1. The fraction of sp³-hybridized carbons (Fsp3) is 0.0556. The summed E-state index contributed by atoms with van der Waals surface area (Å²) in [6.45, 7) is 0. The van der Waals surface area contributed by atoms with Crippen LogP contribution in [0.4, 0.5) is 0 Å². The van der Waals surface area contributed by atoms with Gasteiger partial charge in [-0.1, -0.05) is 24.3 Å². The van der Waals surface area contributed by atoms with Crippen LogP contribution in [-0.2, 0) is 0 Å². The molecule has 0 amide bonds. The Hall–Kier alpha value is -2.39. The van der Waals surface area contributed by atoms with Gasteiger partial charge in [0.15, 0.2) is 5.78 Å². The van der Waals surface area contributed by atoms with Gasteiger partial charge in [-0.15, -0.1) is 11.3 Å². The fourth-order valence-electron chi connectivity index (χ4n) is 2.14. The molecular formula is C18H14O2S. The Morgan fingerprint density at radius 1 is 1.10 bits per heavy atom. The van der Waals surface area contributed by atoms with Crippen molar-refractivity contribution in [3.63, 3.8) is 0 Å². The summed E-state index contributed by atoms with van der Waals surface area (Å²) in [5.74, 6) is 0.834. The van der Waals surface area contributed by atoms with Crippen LogP contribution in [-0.4, -0.2) is 12.9 Å². The third-order valence-electron chi connectivity index (χ3n) is 3.27. The zero-order valence-electron chi connectivity index (χ0n) is 11.6. The number of ketones is 1. The highest BCUT2D eigenvalue weighted by atomic mass is 32.1. The molecule has 3 rings (SSSR count). The smallest absolute Gasteiger partial charge is 0.185 e. The molecule has 0 unspecified atom stereocenters. The van der Waals surface area contributed by atoms with Crippen LogP contribution >= 0.6 is 11.3 Å². The lowest BCUT2D eigenvalue weighted by Gasteiger charge is -2.04. The number of rotatable bonds is 4. The summed E-state index contributed by atoms with van der Waals surface area (Å²) < 4.78 is 5.20. The summed E-state index contributed by atoms with van der Waals surface area (Å²) >= 11 is 1.61. The molecular weight excluding hydrogens is 280 g/mol. The number of ether oxygens (including phenoxy) is 1. The molecule has 0 radical (unpaired) electrons. The Kier molecular flexibility index (Phi) is 3.84. The summed E-state index contributed by atoms with van der Waals surface area (Å²) in [6, 6.07) is 15.5. The fourth-order valence-corrected chi connectivity index (χ4v) is 2.76. The molecule has 0 aliphatic heterocycles. The highest BCUT2D eigenvalue weighted by Gasteiger charge is 2.04. The average molecular weight is 294 g/mol. The van der Waals surface area contributed by atoms with E-state index in [9.17, 15) is 4.79 Å². The van der Waals surface area contributed by atoms with Gasteiger partial charge in [0.1, 0.15) is 5.75 Å². The van der Waals surface area contributed by atoms with Gasteiger partial charge < -0.3 is 4.74 Å². The quantitative estimate of drug-likeness (QED) is 0.510. The second-order valence-corrected chi connectivity index (χ2v) is 5.62. The standard InChI is InChI=1S/C18H14O2S/c1-20-16-7-6-13-11-15(5-4-14(13)12-16)18(19)9-8-17-3-2-10-21-17/h2-12H,1H3/b9-8+. The molecule has 1 heterocycles. The number of methoxy groups -OCH3 is 1. The Morgan fingerprint density at radius 3 is 2.67 bits per heavy atom. The Bertz CT molecular complexity index is 801. The van der Waals surface area contributed by atoms with E-state index in [1.165, 1.54) is 0 Å². The van der Waals surface area contributed by atoms with E-state index in [2.05, 4.69) is 0 Å². The zero-order valence-corrected chi connectivity index (χ0v) is 12.4. The van der Waals surface area contributed by atoms with E-state index in [0.717, 1.165) is 21.4 Å². The minimum absolute atomic E-state index is 0.0149. The van der Waals surface area contributed by atoms with Crippen molar-refractivity contribution < 1.29 is 9.53 Å². The first-order valence-electron chi connectivity index (χ1n) is 6.60. The van der Waals surface area contributed by atoms with Gasteiger partial charge in [-0.25, -0.2) is 0 Å². The maximum Gasteiger partial charge on any atom is 0.185 e. The summed E-state index contributed by atoms with van der Waals surface area (Å²) in [6.07, 6.45) is 3.47. The number of thiophene rings is 1. The minimum Gasteiger partial charge on any atom is -0.497 e. The summed E-state index contributed by atoms with van der Waals surface area (Å²) in [7, 11) is 1.65. The van der Waals surface area contributed by atoms with Crippen molar-refractivity contribution in [3.8, 4) is 5.75 Å². The van der Waals surface area contributed by atoms with Gasteiger partial charge in [0.05, 0.1) is 7.11 Å². The lowest BCUT2D eigenvalue weighted by atomic mass is 10.0. The van der Waals surface area contributed by atoms with Crippen molar-refractivity contribution >= 4 is 34.0 Å². The maximum absolute atomic E-state index is 12.2. The molecule has 0 saturated heterocycles. The van der Waals surface area contributed by atoms with Crippen molar-refractivity contribution in [3.05, 3.63) is 70.4 Å². The van der Waals surface area contributed by atoms with Gasteiger partial charge in [0.25, 0.3) is 0 Å². The van der Waals surface area contributed by atoms with Gasteiger partial charge in [-0.3, -0.25) is 4.79 Å². The lowest BCUT2D eigenvalue weighted by molar-refractivity contribution is 0.104. The first kappa shape index (κ1) is 13.6. The van der Waals surface area contributed by atoms with E-state index in [4.69, 9.17) is 4.74 Å². The van der Waals surface area contributed by atoms with E-state index < -0.39 is 0 Å². The van der Waals surface area contributed by atoms with E-state index in [1.54, 1.807) is 24.5 Å². The second-order valence-electron chi connectivity index (χ2n) is 4.64. The molecule has 3 aromatic rings. The molecule has 0 spiro atoms. The topological polar surface area (TPSA) is 26.3 Å². The second kappa shape index (κ2) is 5.94. The van der Waals surface area contributed by atoms with Gasteiger partial charge in [0.2, 0.25) is 0 Å². The lowest BCUT2D eigenvalue weighted by Crippen LogP contribution is -1.93. The van der Waals surface area contributed by atoms with Gasteiger partial charge in [0, 0.05) is 10.4 Å². The van der Waals surface area contributed by atoms with E-state index in [0.29, 0.717) is 5.56 Å². The SMILES string of the molecule is COc1ccc2cc(C(=O)/C=C/c3cccs3)ccc2c1. The molecule has 0 aliphatic carbocycles. The minimum atomic E-state index is 0.0149. The first-order chi connectivity index (χ1) is 10.3. The number of fused-ring (bicyclic) bond motifs is 1. The molecule has 2 nitrogen and oxygen atoms in total. The molecule has 0 bridgehead atoms. The molecule has 0 atom stereocenters. The van der Waals surface area contributed by atoms with Crippen LogP contribution in [0.3, 0.4) is 0 Å². The molecule has 0 saturated carbocycles. The molecule has 104 valence electrons. The van der Waals surface area contributed by atoms with Crippen molar-refractivity contribution in [1.29, 1.82) is 0 Å². The van der Waals surface area contributed by atoms with E-state index >= 15 is 0 Å². The van der Waals surface area contributed by atoms with Crippen molar-refractivity contribution in [2.75, 3.05) is 7.11 Å². The van der Waals surface area contributed by atoms with Crippen molar-refractivity contribution in [2.45, 2.75) is 0 Å².